The third kappa shape index (κ3) is 4.45. The van der Waals surface area contributed by atoms with Crippen LogP contribution in [0.3, 0.4) is 0 Å². The minimum atomic E-state index is -0.302. The predicted octanol–water partition coefficient (Wildman–Crippen LogP) is 2.78. The van der Waals surface area contributed by atoms with E-state index in [9.17, 15) is 9.59 Å². The van der Waals surface area contributed by atoms with Gasteiger partial charge in [0.2, 0.25) is 5.91 Å². The van der Waals surface area contributed by atoms with Crippen molar-refractivity contribution in [2.45, 2.75) is 19.8 Å². The van der Waals surface area contributed by atoms with Crippen molar-refractivity contribution in [3.05, 3.63) is 47.9 Å². The second-order valence-corrected chi connectivity index (χ2v) is 6.08. The van der Waals surface area contributed by atoms with E-state index in [0.29, 0.717) is 17.9 Å². The minimum absolute atomic E-state index is 0.0672. The van der Waals surface area contributed by atoms with Crippen molar-refractivity contribution < 1.29 is 14.0 Å². The Kier molecular flexibility index (Phi) is 4.96. The maximum absolute atomic E-state index is 12.0. The number of carbonyl (C=O) groups excluding carboxylic acids is 2. The summed E-state index contributed by atoms with van der Waals surface area (Å²) in [7, 11) is 0. The van der Waals surface area contributed by atoms with Gasteiger partial charge in [-0.2, -0.15) is 0 Å². The number of hydrogen-bond donors (Lipinski definition) is 3. The van der Waals surface area contributed by atoms with E-state index < -0.39 is 0 Å². The molecule has 126 valence electrons. The van der Waals surface area contributed by atoms with Crippen LogP contribution in [0.1, 0.15) is 29.0 Å². The molecule has 1 saturated carbocycles. The molecule has 2 amide bonds. The zero-order valence-electron chi connectivity index (χ0n) is 13.6. The molecule has 24 heavy (non-hydrogen) atoms. The Morgan fingerprint density at radius 3 is 2.71 bits per heavy atom. The fourth-order valence-electron chi connectivity index (χ4n) is 2.39. The van der Waals surface area contributed by atoms with Crippen molar-refractivity contribution in [2.24, 2.45) is 5.92 Å². The van der Waals surface area contributed by atoms with Gasteiger partial charge in [0.05, 0.1) is 12.8 Å². The van der Waals surface area contributed by atoms with Crippen molar-refractivity contribution in [3.63, 3.8) is 0 Å². The summed E-state index contributed by atoms with van der Waals surface area (Å²) in [6.07, 6.45) is 3.98. The quantitative estimate of drug-likeness (QED) is 0.730. The lowest BCUT2D eigenvalue weighted by Gasteiger charge is -2.11. The summed E-state index contributed by atoms with van der Waals surface area (Å²) >= 11 is 0. The van der Waals surface area contributed by atoms with Gasteiger partial charge in [-0.3, -0.25) is 9.59 Å². The van der Waals surface area contributed by atoms with Gasteiger partial charge >= 0.3 is 0 Å². The molecular weight excluding hydrogens is 306 g/mol. The fourth-order valence-corrected chi connectivity index (χ4v) is 2.39. The Bertz CT molecular complexity index is 721. The summed E-state index contributed by atoms with van der Waals surface area (Å²) in [6.45, 7) is 3.09. The first-order chi connectivity index (χ1) is 11.6. The molecule has 3 rings (SSSR count). The minimum Gasteiger partial charge on any atom is -0.459 e. The number of benzene rings is 1. The number of carbonyl (C=O) groups is 2. The molecule has 1 aliphatic carbocycles. The highest BCUT2D eigenvalue weighted by atomic mass is 16.3. The fraction of sp³-hybridized carbons (Fsp3) is 0.333. The molecule has 0 saturated heterocycles. The van der Waals surface area contributed by atoms with Crippen molar-refractivity contribution in [3.8, 4) is 0 Å². The first-order valence-electron chi connectivity index (χ1n) is 8.08. The third-order valence-corrected chi connectivity index (χ3v) is 3.92. The summed E-state index contributed by atoms with van der Waals surface area (Å²) < 4.78 is 5.07. The monoisotopic (exact) mass is 327 g/mol. The van der Waals surface area contributed by atoms with E-state index in [0.717, 1.165) is 18.0 Å². The Balaban J connectivity index is 1.53. The molecule has 2 aromatic rings. The van der Waals surface area contributed by atoms with Crippen LogP contribution in [-0.4, -0.2) is 24.9 Å². The van der Waals surface area contributed by atoms with Crippen LogP contribution < -0.4 is 16.0 Å². The van der Waals surface area contributed by atoms with Crippen LogP contribution in [0, 0.1) is 12.8 Å². The highest BCUT2D eigenvalue weighted by Crippen LogP contribution is 2.27. The Morgan fingerprint density at radius 2 is 2.04 bits per heavy atom. The second-order valence-electron chi connectivity index (χ2n) is 6.08. The molecule has 0 unspecified atom stereocenters. The number of furan rings is 1. The molecular formula is C18H21N3O3. The maximum atomic E-state index is 12.0. The first-order valence-corrected chi connectivity index (χ1v) is 8.08. The van der Waals surface area contributed by atoms with Crippen molar-refractivity contribution in [2.75, 3.05) is 23.7 Å². The van der Waals surface area contributed by atoms with Gasteiger partial charge in [0.25, 0.3) is 5.91 Å². The predicted molar refractivity (Wildman–Crippen MR) is 92.1 cm³/mol. The SMILES string of the molecule is Cc1cc(NC(=O)CNCC2CC2)ccc1NC(=O)c1ccco1. The number of nitrogens with one attached hydrogen (secondary N) is 3. The molecule has 0 spiro atoms. The molecule has 0 aliphatic heterocycles. The van der Waals surface area contributed by atoms with Gasteiger partial charge in [0.1, 0.15) is 0 Å². The first kappa shape index (κ1) is 16.3. The van der Waals surface area contributed by atoms with E-state index in [2.05, 4.69) is 16.0 Å². The molecule has 1 aliphatic rings. The Hall–Kier alpha value is -2.60. The molecule has 0 radical (unpaired) electrons. The molecule has 1 aromatic carbocycles. The molecule has 6 heteroatoms. The molecule has 0 atom stereocenters. The van der Waals surface area contributed by atoms with Gasteiger partial charge < -0.3 is 20.4 Å². The number of rotatable bonds is 7. The molecule has 3 N–H and O–H groups in total. The van der Waals surface area contributed by atoms with Crippen molar-refractivity contribution in [1.29, 1.82) is 0 Å². The van der Waals surface area contributed by atoms with Crippen molar-refractivity contribution in [1.82, 2.24) is 5.32 Å². The van der Waals surface area contributed by atoms with Crippen LogP contribution in [0.4, 0.5) is 11.4 Å². The van der Waals surface area contributed by atoms with Gasteiger partial charge in [0, 0.05) is 11.4 Å². The van der Waals surface area contributed by atoms with Crippen LogP contribution in [-0.2, 0) is 4.79 Å². The largest absolute Gasteiger partial charge is 0.459 e. The second kappa shape index (κ2) is 7.31. The Morgan fingerprint density at radius 1 is 1.21 bits per heavy atom. The van der Waals surface area contributed by atoms with Gasteiger partial charge in [-0.1, -0.05) is 0 Å². The lowest BCUT2D eigenvalue weighted by Crippen LogP contribution is -2.29. The van der Waals surface area contributed by atoms with E-state index in [1.807, 2.05) is 13.0 Å². The van der Waals surface area contributed by atoms with E-state index in [1.165, 1.54) is 19.1 Å². The van der Waals surface area contributed by atoms with Crippen LogP contribution in [0.5, 0.6) is 0 Å². The van der Waals surface area contributed by atoms with E-state index in [1.54, 1.807) is 24.3 Å². The number of hydrogen-bond acceptors (Lipinski definition) is 4. The van der Waals surface area contributed by atoms with Crippen LogP contribution >= 0.6 is 0 Å². The van der Waals surface area contributed by atoms with Crippen molar-refractivity contribution >= 4 is 23.2 Å². The lowest BCUT2D eigenvalue weighted by atomic mass is 10.1. The van der Waals surface area contributed by atoms with Crippen LogP contribution in [0.25, 0.3) is 0 Å². The summed E-state index contributed by atoms with van der Waals surface area (Å²) in [5.74, 6) is 0.636. The van der Waals surface area contributed by atoms with Gasteiger partial charge in [0.15, 0.2) is 5.76 Å². The maximum Gasteiger partial charge on any atom is 0.291 e. The standard InChI is InChI=1S/C18H21N3O3/c1-12-9-14(20-17(22)11-19-10-13-4-5-13)6-7-15(12)21-18(23)16-3-2-8-24-16/h2-3,6-9,13,19H,4-5,10-11H2,1H3,(H,20,22)(H,21,23). The van der Waals surface area contributed by atoms with E-state index >= 15 is 0 Å². The molecule has 1 heterocycles. The third-order valence-electron chi connectivity index (χ3n) is 3.92. The Labute approximate surface area is 140 Å². The average Bonchev–Trinajstić information content (AvgIpc) is 3.20. The molecule has 0 bridgehead atoms. The summed E-state index contributed by atoms with van der Waals surface area (Å²) in [5, 5.41) is 8.80. The highest BCUT2D eigenvalue weighted by Gasteiger charge is 2.20. The van der Waals surface area contributed by atoms with Gasteiger partial charge in [-0.25, -0.2) is 0 Å². The van der Waals surface area contributed by atoms with Gasteiger partial charge in [-0.15, -0.1) is 0 Å². The summed E-state index contributed by atoms with van der Waals surface area (Å²) in [5.41, 5.74) is 2.25. The summed E-state index contributed by atoms with van der Waals surface area (Å²) in [6, 6.07) is 8.63. The molecule has 1 fully saturated rings. The van der Waals surface area contributed by atoms with Crippen LogP contribution in [0.2, 0.25) is 0 Å². The molecule has 1 aromatic heterocycles. The van der Waals surface area contributed by atoms with E-state index in [4.69, 9.17) is 4.42 Å². The average molecular weight is 327 g/mol. The van der Waals surface area contributed by atoms with Gasteiger partial charge in [-0.05, 0) is 68.1 Å². The normalized spacial score (nSPS) is 13.5. The van der Waals surface area contributed by atoms with Crippen LogP contribution in [0.15, 0.2) is 41.0 Å². The molecule has 6 nitrogen and oxygen atoms in total. The number of amides is 2. The highest BCUT2D eigenvalue weighted by molar-refractivity contribution is 6.03. The topological polar surface area (TPSA) is 83.4 Å². The summed E-state index contributed by atoms with van der Waals surface area (Å²) in [4.78, 5) is 23.9. The zero-order valence-corrected chi connectivity index (χ0v) is 13.6. The smallest absolute Gasteiger partial charge is 0.291 e. The van der Waals surface area contributed by atoms with E-state index in [-0.39, 0.29) is 17.6 Å². The zero-order chi connectivity index (χ0) is 16.9. The lowest BCUT2D eigenvalue weighted by molar-refractivity contribution is -0.115. The number of anilines is 2. The number of aryl methyl sites for hydroxylation is 1.